The summed E-state index contributed by atoms with van der Waals surface area (Å²) >= 11 is 0. The van der Waals surface area contributed by atoms with Crippen LogP contribution in [0.4, 0.5) is 11.5 Å². The van der Waals surface area contributed by atoms with Gasteiger partial charge in [0, 0.05) is 6.20 Å². The van der Waals surface area contributed by atoms with Crippen LogP contribution in [-0.2, 0) is 0 Å². The summed E-state index contributed by atoms with van der Waals surface area (Å²) in [4.78, 5) is 7.71. The first-order chi connectivity index (χ1) is 4.47. The average Bonchev–Trinajstić information content (AvgIpc) is 2.33. The fourth-order valence-electron chi connectivity index (χ4n) is 0.688. The zero-order valence-corrected chi connectivity index (χ0v) is 4.57. The molecule has 0 bridgehead atoms. The zero-order chi connectivity index (χ0) is 6.10. The predicted molar refractivity (Wildman–Crippen MR) is 33.1 cm³/mol. The molecule has 1 aliphatic rings. The van der Waals surface area contributed by atoms with Gasteiger partial charge in [-0.05, 0) is 12.1 Å². The number of pyridine rings is 1. The lowest BCUT2D eigenvalue weighted by atomic mass is 10.4. The molecule has 0 fully saturated rings. The quantitative estimate of drug-likeness (QED) is 0.497. The highest BCUT2D eigenvalue weighted by molar-refractivity contribution is 5.78. The van der Waals surface area contributed by atoms with Crippen LogP contribution in [0.3, 0.4) is 0 Å². The third-order valence-corrected chi connectivity index (χ3v) is 1.09. The maximum absolute atomic E-state index is 3.94. The largest absolute Gasteiger partial charge is 0.235 e. The van der Waals surface area contributed by atoms with Gasteiger partial charge >= 0.3 is 0 Å². The number of hydrogen-bond donors (Lipinski definition) is 0. The normalized spacial score (nSPS) is 12.9. The molecule has 0 saturated heterocycles. The molecule has 1 aliphatic heterocycles. The van der Waals surface area contributed by atoms with E-state index >= 15 is 0 Å². The standard InChI is InChI=1S/C6H3N3/c1-2-5-6(7-3-1)9-4-8-5/h1-3H. The topological polar surface area (TPSA) is 39.4 Å². The molecule has 2 heterocycles. The Balaban J connectivity index is 2.63. The van der Waals surface area contributed by atoms with Crippen LogP contribution in [0.15, 0.2) is 23.3 Å². The van der Waals surface area contributed by atoms with Crippen molar-refractivity contribution in [3.63, 3.8) is 0 Å². The van der Waals surface area contributed by atoms with Gasteiger partial charge in [0.05, 0.1) is 0 Å². The SMILES string of the molecule is [C]1=Nc2ncccc2[N]1. The Morgan fingerprint density at radius 2 is 2.44 bits per heavy atom. The van der Waals surface area contributed by atoms with Crippen LogP contribution in [-0.4, -0.2) is 11.3 Å². The molecule has 0 aromatic carbocycles. The van der Waals surface area contributed by atoms with Gasteiger partial charge in [0.2, 0.25) is 6.34 Å². The Hall–Kier alpha value is -1.38. The van der Waals surface area contributed by atoms with Crippen molar-refractivity contribution in [2.24, 2.45) is 4.99 Å². The minimum absolute atomic E-state index is 0.664. The van der Waals surface area contributed by atoms with E-state index in [1.165, 1.54) is 0 Å². The van der Waals surface area contributed by atoms with Crippen molar-refractivity contribution in [2.45, 2.75) is 0 Å². The van der Waals surface area contributed by atoms with Gasteiger partial charge in [0.15, 0.2) is 5.82 Å². The Morgan fingerprint density at radius 3 is 3.33 bits per heavy atom. The second kappa shape index (κ2) is 1.55. The molecule has 0 N–H and O–H groups in total. The molecule has 2 rings (SSSR count). The van der Waals surface area contributed by atoms with Crippen LogP contribution in [0.5, 0.6) is 0 Å². The van der Waals surface area contributed by atoms with Gasteiger partial charge in [0.25, 0.3) is 0 Å². The molecular weight excluding hydrogens is 114 g/mol. The third kappa shape index (κ3) is 0.579. The molecule has 0 aliphatic carbocycles. The number of rotatable bonds is 0. The molecule has 3 nitrogen and oxygen atoms in total. The van der Waals surface area contributed by atoms with Gasteiger partial charge in [-0.3, -0.25) is 0 Å². The average molecular weight is 117 g/mol. The molecular formula is C6H3N3. The van der Waals surface area contributed by atoms with Crippen LogP contribution in [0, 0.1) is 0 Å². The number of fused-ring (bicyclic) bond motifs is 1. The van der Waals surface area contributed by atoms with Crippen LogP contribution < -0.4 is 5.32 Å². The highest BCUT2D eigenvalue weighted by Crippen LogP contribution is 2.23. The molecule has 42 valence electrons. The molecule has 0 atom stereocenters. The smallest absolute Gasteiger partial charge is 0.200 e. The number of aliphatic imine (C=N–C) groups is 1. The molecule has 0 unspecified atom stereocenters. The molecule has 0 spiro atoms. The first-order valence-electron chi connectivity index (χ1n) is 2.58. The molecule has 2 radical (unpaired) electrons. The van der Waals surface area contributed by atoms with Crippen LogP contribution in [0.1, 0.15) is 0 Å². The third-order valence-electron chi connectivity index (χ3n) is 1.09. The summed E-state index contributed by atoms with van der Waals surface area (Å²) in [5, 5.41) is 3.82. The van der Waals surface area contributed by atoms with E-state index in [4.69, 9.17) is 0 Å². The fourth-order valence-corrected chi connectivity index (χ4v) is 0.688. The summed E-state index contributed by atoms with van der Waals surface area (Å²) < 4.78 is 0. The first-order valence-corrected chi connectivity index (χ1v) is 2.58. The Kier molecular flexibility index (Phi) is 0.773. The van der Waals surface area contributed by atoms with E-state index in [0.29, 0.717) is 5.82 Å². The lowest BCUT2D eigenvalue weighted by Gasteiger charge is -1.88. The Morgan fingerprint density at radius 1 is 1.44 bits per heavy atom. The van der Waals surface area contributed by atoms with Gasteiger partial charge in [-0.15, -0.1) is 0 Å². The number of hydrogen-bond acceptors (Lipinski definition) is 2. The van der Waals surface area contributed by atoms with Crippen molar-refractivity contribution in [1.29, 1.82) is 0 Å². The summed E-state index contributed by atoms with van der Waals surface area (Å²) in [6, 6.07) is 3.68. The molecule has 0 amide bonds. The van der Waals surface area contributed by atoms with Crippen LogP contribution >= 0.6 is 0 Å². The van der Waals surface area contributed by atoms with E-state index in [1.54, 1.807) is 6.20 Å². The summed E-state index contributed by atoms with van der Waals surface area (Å²) in [5.41, 5.74) is 0.803. The number of nitrogens with zero attached hydrogens (tertiary/aromatic N) is 3. The maximum Gasteiger partial charge on any atom is 0.200 e. The van der Waals surface area contributed by atoms with Gasteiger partial charge in [-0.2, -0.15) is 0 Å². The van der Waals surface area contributed by atoms with Crippen molar-refractivity contribution in [2.75, 3.05) is 0 Å². The van der Waals surface area contributed by atoms with E-state index in [9.17, 15) is 0 Å². The lowest BCUT2D eigenvalue weighted by molar-refractivity contribution is 1.26. The van der Waals surface area contributed by atoms with Crippen molar-refractivity contribution in [3.05, 3.63) is 18.3 Å². The Labute approximate surface area is 52.5 Å². The van der Waals surface area contributed by atoms with Gasteiger partial charge < -0.3 is 0 Å². The summed E-state index contributed by atoms with van der Waals surface area (Å²) in [7, 11) is 0. The lowest BCUT2D eigenvalue weighted by Crippen LogP contribution is -1.84. The van der Waals surface area contributed by atoms with E-state index in [0.717, 1.165) is 5.69 Å². The summed E-state index contributed by atoms with van der Waals surface area (Å²) in [6.07, 6.45) is 4.16. The predicted octanol–water partition coefficient (Wildman–Crippen LogP) is 0.868. The zero-order valence-electron chi connectivity index (χ0n) is 4.57. The highest BCUT2D eigenvalue weighted by atomic mass is 15.1. The van der Waals surface area contributed by atoms with E-state index in [2.05, 4.69) is 21.6 Å². The maximum atomic E-state index is 3.94. The van der Waals surface area contributed by atoms with Gasteiger partial charge in [0.1, 0.15) is 5.69 Å². The van der Waals surface area contributed by atoms with Crippen molar-refractivity contribution in [1.82, 2.24) is 10.3 Å². The monoisotopic (exact) mass is 117 g/mol. The summed E-state index contributed by atoms with van der Waals surface area (Å²) in [6.45, 7) is 0. The van der Waals surface area contributed by atoms with Gasteiger partial charge in [-0.1, -0.05) is 0 Å². The van der Waals surface area contributed by atoms with Crippen molar-refractivity contribution in [3.8, 4) is 0 Å². The Bertz CT molecular complexity index is 254. The van der Waals surface area contributed by atoms with Crippen molar-refractivity contribution >= 4 is 17.8 Å². The van der Waals surface area contributed by atoms with Crippen molar-refractivity contribution < 1.29 is 0 Å². The van der Waals surface area contributed by atoms with E-state index in [-0.39, 0.29) is 0 Å². The van der Waals surface area contributed by atoms with Crippen LogP contribution in [0.2, 0.25) is 0 Å². The molecule has 9 heavy (non-hydrogen) atoms. The molecule has 0 saturated carbocycles. The molecule has 1 aromatic heterocycles. The highest BCUT2D eigenvalue weighted by Gasteiger charge is 2.05. The second-order valence-corrected chi connectivity index (χ2v) is 1.67. The minimum atomic E-state index is 0.664. The first kappa shape index (κ1) is 4.49. The molecule has 1 aromatic rings. The van der Waals surface area contributed by atoms with E-state index < -0.39 is 0 Å². The van der Waals surface area contributed by atoms with Crippen LogP contribution in [0.25, 0.3) is 0 Å². The van der Waals surface area contributed by atoms with Gasteiger partial charge in [-0.25, -0.2) is 15.3 Å². The second-order valence-electron chi connectivity index (χ2n) is 1.67. The molecule has 3 heteroatoms. The van der Waals surface area contributed by atoms with E-state index in [1.807, 2.05) is 12.1 Å². The minimum Gasteiger partial charge on any atom is -0.235 e. The summed E-state index contributed by atoms with van der Waals surface area (Å²) in [5.74, 6) is 0.664. The number of aromatic nitrogens is 1. The fraction of sp³-hybridized carbons (Fsp3) is 0.